The van der Waals surface area contributed by atoms with Crippen molar-refractivity contribution < 1.29 is 9.47 Å². The molecule has 4 aromatic rings. The quantitative estimate of drug-likeness (QED) is 0.196. The minimum atomic E-state index is 0.528. The van der Waals surface area contributed by atoms with E-state index in [0.717, 1.165) is 39.3 Å². The zero-order valence-electron chi connectivity index (χ0n) is 19.7. The van der Waals surface area contributed by atoms with Crippen molar-refractivity contribution in [3.63, 3.8) is 0 Å². The second-order valence-electron chi connectivity index (χ2n) is 8.25. The van der Waals surface area contributed by atoms with Crippen LogP contribution in [0.25, 0.3) is 10.8 Å². The van der Waals surface area contributed by atoms with Gasteiger partial charge in [-0.1, -0.05) is 60.8 Å². The van der Waals surface area contributed by atoms with Crippen LogP contribution >= 0.6 is 11.8 Å². The lowest BCUT2D eigenvalue weighted by molar-refractivity contribution is 0.290. The molecular formula is C31H27NO2S. The van der Waals surface area contributed by atoms with Crippen LogP contribution in [-0.2, 0) is 6.54 Å². The summed E-state index contributed by atoms with van der Waals surface area (Å²) in [4.78, 5) is 4.52. The van der Waals surface area contributed by atoms with Gasteiger partial charge in [0.2, 0.25) is 0 Å². The first-order chi connectivity index (χ1) is 17.2. The predicted molar refractivity (Wildman–Crippen MR) is 148 cm³/mol. The van der Waals surface area contributed by atoms with E-state index in [1.165, 1.54) is 16.3 Å². The highest BCUT2D eigenvalue weighted by Crippen LogP contribution is 2.34. The van der Waals surface area contributed by atoms with Crippen LogP contribution in [0.1, 0.15) is 12.5 Å². The van der Waals surface area contributed by atoms with Gasteiger partial charge in [-0.3, -0.25) is 0 Å². The fourth-order valence-corrected chi connectivity index (χ4v) is 4.98. The largest absolute Gasteiger partial charge is 0.473 e. The molecule has 1 aliphatic rings. The zero-order chi connectivity index (χ0) is 24.0. The second-order valence-corrected chi connectivity index (χ2v) is 9.40. The molecule has 0 aromatic heterocycles. The topological polar surface area (TPSA) is 21.7 Å². The van der Waals surface area contributed by atoms with Crippen LogP contribution in [0.2, 0.25) is 0 Å². The van der Waals surface area contributed by atoms with Crippen molar-refractivity contribution in [2.45, 2.75) is 18.4 Å². The Morgan fingerprint density at radius 2 is 1.63 bits per heavy atom. The molecule has 0 amide bonds. The summed E-state index contributed by atoms with van der Waals surface area (Å²) in [6.07, 6.45) is 7.91. The Bertz CT molecular complexity index is 1390. The van der Waals surface area contributed by atoms with Gasteiger partial charge < -0.3 is 14.4 Å². The van der Waals surface area contributed by atoms with Gasteiger partial charge in [-0.15, -0.1) is 0 Å². The van der Waals surface area contributed by atoms with Gasteiger partial charge in [-0.05, 0) is 84.4 Å². The first-order valence-corrected chi connectivity index (χ1v) is 12.4. The number of thioether (sulfide) groups is 1. The minimum Gasteiger partial charge on any atom is -0.473 e. The molecule has 0 N–H and O–H groups in total. The summed E-state index contributed by atoms with van der Waals surface area (Å²) >= 11 is 1.70. The summed E-state index contributed by atoms with van der Waals surface area (Å²) in [5.41, 5.74) is 2.31. The lowest BCUT2D eigenvalue weighted by atomic mass is 10.0. The molecule has 174 valence electrons. The fourth-order valence-electron chi connectivity index (χ4n) is 4.07. The van der Waals surface area contributed by atoms with Gasteiger partial charge in [0.1, 0.15) is 17.2 Å². The van der Waals surface area contributed by atoms with Gasteiger partial charge in [0.25, 0.3) is 0 Å². The third kappa shape index (κ3) is 5.44. The van der Waals surface area contributed by atoms with E-state index in [1.54, 1.807) is 17.8 Å². The van der Waals surface area contributed by atoms with Crippen molar-refractivity contribution in [3.8, 4) is 17.2 Å². The van der Waals surface area contributed by atoms with Gasteiger partial charge in [0.15, 0.2) is 6.73 Å². The molecule has 0 bridgehead atoms. The van der Waals surface area contributed by atoms with E-state index in [1.807, 2.05) is 43.3 Å². The Hall–Kier alpha value is -3.89. The van der Waals surface area contributed by atoms with Crippen molar-refractivity contribution in [3.05, 3.63) is 126 Å². The van der Waals surface area contributed by atoms with E-state index in [2.05, 4.69) is 78.2 Å². The van der Waals surface area contributed by atoms with Crippen molar-refractivity contribution in [1.29, 1.82) is 0 Å². The summed E-state index contributed by atoms with van der Waals surface area (Å²) in [6, 6.07) is 29.1. The molecule has 1 aliphatic heterocycles. The molecule has 0 spiro atoms. The molecule has 0 aliphatic carbocycles. The maximum atomic E-state index is 6.08. The maximum Gasteiger partial charge on any atom is 0.161 e. The lowest BCUT2D eigenvalue weighted by Gasteiger charge is -2.31. The Morgan fingerprint density at radius 3 is 2.31 bits per heavy atom. The summed E-state index contributed by atoms with van der Waals surface area (Å²) in [5.74, 6) is 2.59. The highest BCUT2D eigenvalue weighted by molar-refractivity contribution is 8.03. The van der Waals surface area contributed by atoms with Crippen LogP contribution in [0, 0.1) is 0 Å². The second kappa shape index (κ2) is 10.6. The van der Waals surface area contributed by atoms with Crippen molar-refractivity contribution in [1.82, 2.24) is 0 Å². The number of ether oxygens (including phenoxy) is 2. The molecule has 4 heteroatoms. The predicted octanol–water partition coefficient (Wildman–Crippen LogP) is 8.73. The number of benzene rings is 4. The average Bonchev–Trinajstić information content (AvgIpc) is 2.89. The standard InChI is InChI=1S/C31H27NO2S/c1-3-7-29(8-4-2)35-30-17-15-28(16-18-30)34-27-13-11-26(12-14-27)32-21-25-19-23-9-5-6-10-24(23)20-31(25)33-22-32/h3-20H,1,21-22H2,2H3/b8-4-,29-7+. The van der Waals surface area contributed by atoms with Gasteiger partial charge in [-0.2, -0.15) is 0 Å². The number of allylic oxidation sites excluding steroid dienone is 4. The van der Waals surface area contributed by atoms with E-state index >= 15 is 0 Å². The molecular weight excluding hydrogens is 450 g/mol. The van der Waals surface area contributed by atoms with Crippen LogP contribution in [0.15, 0.2) is 126 Å². The fraction of sp³-hybridized carbons (Fsp3) is 0.0968. The first kappa shape index (κ1) is 22.9. The Morgan fingerprint density at radius 1 is 0.943 bits per heavy atom. The smallest absolute Gasteiger partial charge is 0.161 e. The highest BCUT2D eigenvalue weighted by Gasteiger charge is 2.18. The van der Waals surface area contributed by atoms with Crippen LogP contribution in [0.5, 0.6) is 17.2 Å². The first-order valence-electron chi connectivity index (χ1n) is 11.6. The van der Waals surface area contributed by atoms with E-state index < -0.39 is 0 Å². The van der Waals surface area contributed by atoms with Crippen LogP contribution < -0.4 is 14.4 Å². The normalized spacial score (nSPS) is 13.5. The van der Waals surface area contributed by atoms with Crippen molar-refractivity contribution in [2.24, 2.45) is 0 Å². The van der Waals surface area contributed by atoms with E-state index in [-0.39, 0.29) is 0 Å². The lowest BCUT2D eigenvalue weighted by Crippen LogP contribution is -2.31. The van der Waals surface area contributed by atoms with Crippen molar-refractivity contribution in [2.75, 3.05) is 11.6 Å². The molecule has 0 fully saturated rings. The monoisotopic (exact) mass is 477 g/mol. The van der Waals surface area contributed by atoms with Gasteiger partial charge in [0, 0.05) is 27.6 Å². The summed E-state index contributed by atoms with van der Waals surface area (Å²) < 4.78 is 12.1. The summed E-state index contributed by atoms with van der Waals surface area (Å²) in [7, 11) is 0. The molecule has 1 heterocycles. The molecule has 0 unspecified atom stereocenters. The number of hydrogen-bond donors (Lipinski definition) is 0. The van der Waals surface area contributed by atoms with Gasteiger partial charge >= 0.3 is 0 Å². The number of anilines is 1. The Kier molecular flexibility index (Phi) is 6.92. The summed E-state index contributed by atoms with van der Waals surface area (Å²) in [6.45, 7) is 7.14. The molecule has 5 rings (SSSR count). The molecule has 0 saturated carbocycles. The molecule has 0 saturated heterocycles. The SMILES string of the molecule is C=C/C=C(\C=C/C)Sc1ccc(Oc2ccc(N3COc4cc5ccccc5cc4C3)cc2)cc1. The Balaban J connectivity index is 1.24. The van der Waals surface area contributed by atoms with Gasteiger partial charge in [0.05, 0.1) is 0 Å². The minimum absolute atomic E-state index is 0.528. The number of hydrogen-bond acceptors (Lipinski definition) is 4. The zero-order valence-corrected chi connectivity index (χ0v) is 20.5. The van der Waals surface area contributed by atoms with Crippen LogP contribution in [0.3, 0.4) is 0 Å². The number of fused-ring (bicyclic) bond motifs is 2. The highest BCUT2D eigenvalue weighted by atomic mass is 32.2. The van der Waals surface area contributed by atoms with Crippen LogP contribution in [-0.4, -0.2) is 6.73 Å². The third-order valence-electron chi connectivity index (χ3n) is 5.78. The van der Waals surface area contributed by atoms with E-state index in [9.17, 15) is 0 Å². The Labute approximate surface area is 211 Å². The number of nitrogens with zero attached hydrogens (tertiary/aromatic N) is 1. The molecule has 0 atom stereocenters. The molecule has 0 radical (unpaired) electrons. The third-order valence-corrected chi connectivity index (χ3v) is 6.79. The maximum absolute atomic E-state index is 6.08. The average molecular weight is 478 g/mol. The van der Waals surface area contributed by atoms with Crippen molar-refractivity contribution >= 4 is 28.2 Å². The summed E-state index contributed by atoms with van der Waals surface area (Å²) in [5, 5.41) is 2.44. The van der Waals surface area contributed by atoms with E-state index in [4.69, 9.17) is 9.47 Å². The van der Waals surface area contributed by atoms with E-state index in [0.29, 0.717) is 6.73 Å². The molecule has 35 heavy (non-hydrogen) atoms. The molecule has 3 nitrogen and oxygen atoms in total. The molecule has 4 aromatic carbocycles. The van der Waals surface area contributed by atoms with Crippen LogP contribution in [0.4, 0.5) is 5.69 Å². The van der Waals surface area contributed by atoms with Gasteiger partial charge in [-0.25, -0.2) is 0 Å². The number of rotatable bonds is 7.